The van der Waals surface area contributed by atoms with E-state index in [0.717, 1.165) is 0 Å². The van der Waals surface area contributed by atoms with Crippen LogP contribution in [0.15, 0.2) is 0 Å². The fourth-order valence-corrected chi connectivity index (χ4v) is 2.18. The summed E-state index contributed by atoms with van der Waals surface area (Å²) >= 11 is 0. The van der Waals surface area contributed by atoms with Gasteiger partial charge in [0.05, 0.1) is 20.3 Å². The predicted octanol–water partition coefficient (Wildman–Crippen LogP) is -0.918. The van der Waals surface area contributed by atoms with Crippen molar-refractivity contribution in [1.82, 2.24) is 0 Å². The van der Waals surface area contributed by atoms with Crippen LogP contribution in [0.2, 0.25) is 0 Å². The molecule has 0 radical (unpaired) electrons. The fraction of sp³-hybridized carbons (Fsp3) is 0.800. The Balaban J connectivity index is 2.99. The summed E-state index contributed by atoms with van der Waals surface area (Å²) in [6.07, 6.45) is -0.926. The van der Waals surface area contributed by atoms with Gasteiger partial charge < -0.3 is 19.7 Å². The van der Waals surface area contributed by atoms with E-state index >= 15 is 0 Å². The van der Waals surface area contributed by atoms with E-state index in [1.54, 1.807) is 0 Å². The highest BCUT2D eigenvalue weighted by Crippen LogP contribution is 2.43. The maximum atomic E-state index is 11.6. The summed E-state index contributed by atoms with van der Waals surface area (Å²) in [7, 11) is 2.34. The molecule has 0 bridgehead atoms. The number of rotatable bonds is 3. The summed E-state index contributed by atoms with van der Waals surface area (Å²) in [6, 6.07) is 0. The van der Waals surface area contributed by atoms with Crippen molar-refractivity contribution in [2.45, 2.75) is 18.9 Å². The van der Waals surface area contributed by atoms with Crippen LogP contribution in [-0.2, 0) is 19.1 Å². The van der Waals surface area contributed by atoms with E-state index in [-0.39, 0.29) is 19.4 Å². The molecule has 1 saturated carbocycles. The second-order valence-electron chi connectivity index (χ2n) is 3.98. The van der Waals surface area contributed by atoms with Gasteiger partial charge in [-0.15, -0.1) is 0 Å². The number of hydrogen-bond acceptors (Lipinski definition) is 6. The Labute approximate surface area is 93.2 Å². The Kier molecular flexibility index (Phi) is 3.88. The molecule has 0 heterocycles. The Hall–Kier alpha value is -1.14. The zero-order valence-electron chi connectivity index (χ0n) is 9.30. The Bertz CT molecular complexity index is 271. The minimum Gasteiger partial charge on any atom is -0.468 e. The van der Waals surface area contributed by atoms with E-state index in [1.807, 2.05) is 0 Å². The minimum absolute atomic E-state index is 0.0456. The molecule has 1 aliphatic carbocycles. The average molecular weight is 232 g/mol. The van der Waals surface area contributed by atoms with Crippen LogP contribution in [0.3, 0.4) is 0 Å². The maximum absolute atomic E-state index is 11.6. The van der Waals surface area contributed by atoms with Crippen molar-refractivity contribution in [3.05, 3.63) is 0 Å². The van der Waals surface area contributed by atoms with Gasteiger partial charge in [0.25, 0.3) is 0 Å². The summed E-state index contributed by atoms with van der Waals surface area (Å²) in [5.74, 6) is -1.96. The summed E-state index contributed by atoms with van der Waals surface area (Å²) in [5.41, 5.74) is -1.48. The predicted molar refractivity (Wildman–Crippen MR) is 52.3 cm³/mol. The van der Waals surface area contributed by atoms with Crippen molar-refractivity contribution in [3.8, 4) is 0 Å². The quantitative estimate of drug-likeness (QED) is 0.483. The number of hydrogen-bond donors (Lipinski definition) is 2. The van der Waals surface area contributed by atoms with E-state index in [0.29, 0.717) is 0 Å². The average Bonchev–Trinajstić information content (AvgIpc) is 2.65. The molecule has 1 aliphatic rings. The first kappa shape index (κ1) is 12.9. The standard InChI is InChI=1S/C10H16O6/c1-15-8(13)10(9(14)16-2)3-6(5-11)7(12)4-10/h6-7,11-12H,3-5H2,1-2H3/t6-,7+/m0/s1. The number of ether oxygens (including phenoxy) is 2. The van der Waals surface area contributed by atoms with Crippen LogP contribution in [-0.4, -0.2) is 49.1 Å². The number of carbonyl (C=O) groups is 2. The zero-order chi connectivity index (χ0) is 12.3. The lowest BCUT2D eigenvalue weighted by Gasteiger charge is -2.22. The van der Waals surface area contributed by atoms with Gasteiger partial charge in [-0.25, -0.2) is 0 Å². The highest BCUT2D eigenvalue weighted by atomic mass is 16.5. The topological polar surface area (TPSA) is 93.1 Å². The number of methoxy groups -OCH3 is 2. The SMILES string of the molecule is COC(=O)C1(C(=O)OC)C[C@@H](CO)[C@H](O)C1. The maximum Gasteiger partial charge on any atom is 0.323 e. The Morgan fingerprint density at radius 2 is 1.75 bits per heavy atom. The molecule has 0 aromatic rings. The van der Waals surface area contributed by atoms with Crippen molar-refractivity contribution in [1.29, 1.82) is 0 Å². The molecule has 6 nitrogen and oxygen atoms in total. The molecule has 0 aromatic carbocycles. The molecule has 0 unspecified atom stereocenters. The Morgan fingerprint density at radius 1 is 1.25 bits per heavy atom. The molecule has 0 amide bonds. The molecule has 2 atom stereocenters. The minimum atomic E-state index is -1.48. The molecular formula is C10H16O6. The van der Waals surface area contributed by atoms with Gasteiger partial charge in [-0.3, -0.25) is 9.59 Å². The first-order chi connectivity index (χ1) is 7.51. The summed E-state index contributed by atoms with van der Waals surface area (Å²) in [6.45, 7) is -0.281. The summed E-state index contributed by atoms with van der Waals surface area (Å²) in [5, 5.41) is 18.7. The first-order valence-electron chi connectivity index (χ1n) is 4.97. The lowest BCUT2D eigenvalue weighted by Crippen LogP contribution is -2.39. The molecule has 0 spiro atoms. The van der Waals surface area contributed by atoms with Crippen LogP contribution in [0.5, 0.6) is 0 Å². The molecule has 16 heavy (non-hydrogen) atoms. The Morgan fingerprint density at radius 3 is 2.06 bits per heavy atom. The van der Waals surface area contributed by atoms with Gasteiger partial charge in [0, 0.05) is 18.9 Å². The van der Waals surface area contributed by atoms with Gasteiger partial charge in [-0.1, -0.05) is 0 Å². The van der Waals surface area contributed by atoms with E-state index in [1.165, 1.54) is 14.2 Å². The lowest BCUT2D eigenvalue weighted by molar-refractivity contribution is -0.169. The first-order valence-corrected chi connectivity index (χ1v) is 4.97. The summed E-state index contributed by atoms with van der Waals surface area (Å²) in [4.78, 5) is 23.3. The molecule has 6 heteroatoms. The van der Waals surface area contributed by atoms with Gasteiger partial charge in [0.15, 0.2) is 5.41 Å². The van der Waals surface area contributed by atoms with Crippen LogP contribution in [0.1, 0.15) is 12.8 Å². The third-order valence-corrected chi connectivity index (χ3v) is 3.10. The van der Waals surface area contributed by atoms with E-state index in [2.05, 4.69) is 9.47 Å². The second-order valence-corrected chi connectivity index (χ2v) is 3.98. The van der Waals surface area contributed by atoms with Gasteiger partial charge >= 0.3 is 11.9 Å². The normalized spacial score (nSPS) is 27.5. The highest BCUT2D eigenvalue weighted by Gasteiger charge is 2.56. The van der Waals surface area contributed by atoms with Crippen molar-refractivity contribution in [2.75, 3.05) is 20.8 Å². The zero-order valence-corrected chi connectivity index (χ0v) is 9.30. The molecule has 1 fully saturated rings. The third-order valence-electron chi connectivity index (χ3n) is 3.10. The van der Waals surface area contributed by atoms with Crippen LogP contribution >= 0.6 is 0 Å². The molecule has 1 rings (SSSR count). The van der Waals surface area contributed by atoms with Crippen LogP contribution in [0, 0.1) is 11.3 Å². The van der Waals surface area contributed by atoms with Crippen molar-refractivity contribution < 1.29 is 29.3 Å². The van der Waals surface area contributed by atoms with E-state index in [9.17, 15) is 14.7 Å². The van der Waals surface area contributed by atoms with Crippen LogP contribution < -0.4 is 0 Å². The number of carbonyl (C=O) groups excluding carboxylic acids is 2. The van der Waals surface area contributed by atoms with E-state index < -0.39 is 29.4 Å². The van der Waals surface area contributed by atoms with Crippen molar-refractivity contribution >= 4 is 11.9 Å². The fourth-order valence-electron chi connectivity index (χ4n) is 2.18. The third kappa shape index (κ3) is 1.90. The van der Waals surface area contributed by atoms with Crippen LogP contribution in [0.25, 0.3) is 0 Å². The molecular weight excluding hydrogens is 216 g/mol. The number of aliphatic hydroxyl groups excluding tert-OH is 2. The number of aliphatic hydroxyl groups is 2. The smallest absolute Gasteiger partial charge is 0.323 e. The molecule has 0 aromatic heterocycles. The van der Waals surface area contributed by atoms with Crippen molar-refractivity contribution in [3.63, 3.8) is 0 Å². The molecule has 2 N–H and O–H groups in total. The lowest BCUT2D eigenvalue weighted by atomic mass is 9.85. The van der Waals surface area contributed by atoms with Gasteiger partial charge in [-0.05, 0) is 6.42 Å². The van der Waals surface area contributed by atoms with Gasteiger partial charge in [0.1, 0.15) is 0 Å². The summed E-state index contributed by atoms with van der Waals surface area (Å²) < 4.78 is 9.14. The van der Waals surface area contributed by atoms with Crippen molar-refractivity contribution in [2.24, 2.45) is 11.3 Å². The van der Waals surface area contributed by atoms with Gasteiger partial charge in [0.2, 0.25) is 0 Å². The molecule has 0 aliphatic heterocycles. The second kappa shape index (κ2) is 4.80. The van der Waals surface area contributed by atoms with E-state index in [4.69, 9.17) is 5.11 Å². The largest absolute Gasteiger partial charge is 0.468 e. The monoisotopic (exact) mass is 232 g/mol. The number of esters is 2. The van der Waals surface area contributed by atoms with Crippen LogP contribution in [0.4, 0.5) is 0 Å². The molecule has 0 saturated heterocycles. The highest BCUT2D eigenvalue weighted by molar-refractivity contribution is 6.00. The molecule has 92 valence electrons. The van der Waals surface area contributed by atoms with Gasteiger partial charge in [-0.2, -0.15) is 0 Å².